The van der Waals surface area contributed by atoms with Crippen LogP contribution in [0.3, 0.4) is 0 Å². The van der Waals surface area contributed by atoms with Crippen molar-refractivity contribution in [2.24, 2.45) is 12.1 Å². The lowest BCUT2D eigenvalue weighted by Gasteiger charge is -2.05. The molecular formula is C16H19N3O2. The van der Waals surface area contributed by atoms with Crippen molar-refractivity contribution in [1.29, 1.82) is 0 Å². The molecule has 1 N–H and O–H groups in total. The van der Waals surface area contributed by atoms with Gasteiger partial charge in [0.05, 0.1) is 19.2 Å². The van der Waals surface area contributed by atoms with E-state index in [9.17, 15) is 4.79 Å². The van der Waals surface area contributed by atoms with Gasteiger partial charge in [-0.25, -0.2) is 5.43 Å². The van der Waals surface area contributed by atoms with Gasteiger partial charge in [-0.3, -0.25) is 4.79 Å². The largest absolute Gasteiger partial charge is 0.497 e. The minimum Gasteiger partial charge on any atom is -0.497 e. The number of benzene rings is 1. The molecule has 0 bridgehead atoms. The molecule has 0 spiro atoms. The lowest BCUT2D eigenvalue weighted by Crippen LogP contribution is -2.22. The Kier molecular flexibility index (Phi) is 4.77. The van der Waals surface area contributed by atoms with Crippen LogP contribution in [-0.2, 0) is 18.3 Å². The quantitative estimate of drug-likeness (QED) is 0.676. The third kappa shape index (κ3) is 3.95. The second-order valence-electron chi connectivity index (χ2n) is 4.75. The van der Waals surface area contributed by atoms with E-state index in [0.717, 1.165) is 22.7 Å². The van der Waals surface area contributed by atoms with Gasteiger partial charge in [-0.15, -0.1) is 0 Å². The smallest absolute Gasteiger partial charge is 0.246 e. The molecule has 110 valence electrons. The van der Waals surface area contributed by atoms with Crippen molar-refractivity contribution in [3.05, 3.63) is 53.9 Å². The van der Waals surface area contributed by atoms with E-state index in [2.05, 4.69) is 10.5 Å². The SMILES string of the molecule is COc1cccc(C(C)=NNC(=O)Cc2cccn2C)c1. The summed E-state index contributed by atoms with van der Waals surface area (Å²) in [6.45, 7) is 1.84. The number of rotatable bonds is 5. The summed E-state index contributed by atoms with van der Waals surface area (Å²) in [5.74, 6) is 0.622. The molecule has 1 amide bonds. The summed E-state index contributed by atoms with van der Waals surface area (Å²) in [6, 6.07) is 11.4. The normalized spacial score (nSPS) is 11.3. The van der Waals surface area contributed by atoms with E-state index < -0.39 is 0 Å². The molecule has 0 aliphatic carbocycles. The van der Waals surface area contributed by atoms with E-state index in [1.807, 2.05) is 61.1 Å². The molecule has 0 radical (unpaired) electrons. The summed E-state index contributed by atoms with van der Waals surface area (Å²) in [5, 5.41) is 4.13. The van der Waals surface area contributed by atoms with E-state index in [4.69, 9.17) is 4.74 Å². The van der Waals surface area contributed by atoms with Crippen LogP contribution in [0.25, 0.3) is 0 Å². The molecule has 2 rings (SSSR count). The topological polar surface area (TPSA) is 55.6 Å². The highest BCUT2D eigenvalue weighted by Crippen LogP contribution is 2.13. The number of hydrogen-bond acceptors (Lipinski definition) is 3. The molecule has 0 fully saturated rings. The number of amides is 1. The summed E-state index contributed by atoms with van der Waals surface area (Å²) in [5.41, 5.74) is 5.17. The number of hydrazone groups is 1. The molecule has 1 aromatic heterocycles. The number of hydrogen-bond donors (Lipinski definition) is 1. The van der Waals surface area contributed by atoms with Gasteiger partial charge in [-0.05, 0) is 31.2 Å². The zero-order valence-electron chi connectivity index (χ0n) is 12.5. The van der Waals surface area contributed by atoms with E-state index in [1.54, 1.807) is 7.11 Å². The van der Waals surface area contributed by atoms with Crippen LogP contribution in [-0.4, -0.2) is 23.3 Å². The number of aryl methyl sites for hydroxylation is 1. The van der Waals surface area contributed by atoms with Crippen molar-refractivity contribution in [2.45, 2.75) is 13.3 Å². The average Bonchev–Trinajstić information content (AvgIpc) is 2.90. The first-order valence-electron chi connectivity index (χ1n) is 6.68. The summed E-state index contributed by atoms with van der Waals surface area (Å²) >= 11 is 0. The van der Waals surface area contributed by atoms with Gasteiger partial charge in [0, 0.05) is 24.5 Å². The standard InChI is InChI=1S/C16H19N3O2/c1-12(13-6-4-8-15(10-13)21-3)17-18-16(20)11-14-7-5-9-19(14)2/h4-10H,11H2,1-3H3,(H,18,20). The molecule has 0 saturated carbocycles. The van der Waals surface area contributed by atoms with Crippen LogP contribution in [0, 0.1) is 0 Å². The molecule has 21 heavy (non-hydrogen) atoms. The molecule has 0 unspecified atom stereocenters. The average molecular weight is 285 g/mol. The van der Waals surface area contributed by atoms with Crippen LogP contribution in [0.2, 0.25) is 0 Å². The second-order valence-corrected chi connectivity index (χ2v) is 4.75. The Labute approximate surface area is 124 Å². The van der Waals surface area contributed by atoms with Crippen LogP contribution in [0.5, 0.6) is 5.75 Å². The number of nitrogens with zero attached hydrogens (tertiary/aromatic N) is 2. The molecule has 5 heteroatoms. The van der Waals surface area contributed by atoms with E-state index in [0.29, 0.717) is 6.42 Å². The Hall–Kier alpha value is -2.56. The van der Waals surface area contributed by atoms with Gasteiger partial charge in [0.15, 0.2) is 0 Å². The summed E-state index contributed by atoms with van der Waals surface area (Å²) < 4.78 is 7.08. The zero-order valence-corrected chi connectivity index (χ0v) is 12.5. The van der Waals surface area contributed by atoms with E-state index in [-0.39, 0.29) is 5.91 Å². The molecule has 2 aromatic rings. The van der Waals surface area contributed by atoms with Crippen LogP contribution >= 0.6 is 0 Å². The maximum Gasteiger partial charge on any atom is 0.246 e. The van der Waals surface area contributed by atoms with Crippen molar-refractivity contribution in [3.8, 4) is 5.75 Å². The van der Waals surface area contributed by atoms with Gasteiger partial charge in [0.2, 0.25) is 5.91 Å². The van der Waals surface area contributed by atoms with Gasteiger partial charge in [0.1, 0.15) is 5.75 Å². The Morgan fingerprint density at radius 2 is 2.14 bits per heavy atom. The van der Waals surface area contributed by atoms with Gasteiger partial charge < -0.3 is 9.30 Å². The molecule has 1 aromatic carbocycles. The fraction of sp³-hybridized carbons (Fsp3) is 0.250. The Balaban J connectivity index is 1.99. The van der Waals surface area contributed by atoms with Crippen LogP contribution in [0.1, 0.15) is 18.2 Å². The number of aromatic nitrogens is 1. The minimum absolute atomic E-state index is 0.140. The zero-order chi connectivity index (χ0) is 15.2. The monoisotopic (exact) mass is 285 g/mol. The molecule has 0 aliphatic rings. The molecule has 5 nitrogen and oxygen atoms in total. The third-order valence-electron chi connectivity index (χ3n) is 3.23. The van der Waals surface area contributed by atoms with Crippen molar-refractivity contribution in [2.75, 3.05) is 7.11 Å². The maximum absolute atomic E-state index is 11.9. The molecule has 0 aliphatic heterocycles. The van der Waals surface area contributed by atoms with Gasteiger partial charge in [-0.1, -0.05) is 12.1 Å². The Morgan fingerprint density at radius 1 is 1.33 bits per heavy atom. The number of methoxy groups -OCH3 is 1. The first-order chi connectivity index (χ1) is 10.1. The Bertz CT molecular complexity index is 659. The minimum atomic E-state index is -0.140. The molecule has 0 atom stereocenters. The lowest BCUT2D eigenvalue weighted by molar-refractivity contribution is -0.120. The van der Waals surface area contributed by atoms with Crippen LogP contribution in [0.4, 0.5) is 0 Å². The number of ether oxygens (including phenoxy) is 1. The highest BCUT2D eigenvalue weighted by atomic mass is 16.5. The van der Waals surface area contributed by atoms with E-state index in [1.165, 1.54) is 0 Å². The summed E-state index contributed by atoms with van der Waals surface area (Å²) in [4.78, 5) is 11.9. The highest BCUT2D eigenvalue weighted by Gasteiger charge is 2.05. The summed E-state index contributed by atoms with van der Waals surface area (Å²) in [6.07, 6.45) is 2.21. The number of nitrogens with one attached hydrogen (secondary N) is 1. The van der Waals surface area contributed by atoms with Crippen molar-refractivity contribution in [3.63, 3.8) is 0 Å². The fourth-order valence-electron chi connectivity index (χ4n) is 1.94. The number of carbonyl (C=O) groups excluding carboxylic acids is 1. The first kappa shape index (κ1) is 14.8. The predicted molar refractivity (Wildman–Crippen MR) is 82.5 cm³/mol. The summed E-state index contributed by atoms with van der Waals surface area (Å²) in [7, 11) is 3.53. The predicted octanol–water partition coefficient (Wildman–Crippen LogP) is 2.12. The van der Waals surface area contributed by atoms with Crippen molar-refractivity contribution in [1.82, 2.24) is 9.99 Å². The molecule has 0 saturated heterocycles. The van der Waals surface area contributed by atoms with Gasteiger partial charge in [0.25, 0.3) is 0 Å². The maximum atomic E-state index is 11.9. The van der Waals surface area contributed by atoms with Crippen molar-refractivity contribution >= 4 is 11.6 Å². The van der Waals surface area contributed by atoms with Crippen LogP contribution in [0.15, 0.2) is 47.7 Å². The van der Waals surface area contributed by atoms with Gasteiger partial charge >= 0.3 is 0 Å². The molecule has 1 heterocycles. The Morgan fingerprint density at radius 3 is 2.81 bits per heavy atom. The van der Waals surface area contributed by atoms with Crippen molar-refractivity contribution < 1.29 is 9.53 Å². The fourth-order valence-corrected chi connectivity index (χ4v) is 1.94. The number of carbonyl (C=O) groups is 1. The van der Waals surface area contributed by atoms with Crippen LogP contribution < -0.4 is 10.2 Å². The van der Waals surface area contributed by atoms with E-state index >= 15 is 0 Å². The molecular weight excluding hydrogens is 266 g/mol. The second kappa shape index (κ2) is 6.74. The third-order valence-corrected chi connectivity index (χ3v) is 3.23. The first-order valence-corrected chi connectivity index (χ1v) is 6.68. The highest BCUT2D eigenvalue weighted by molar-refractivity contribution is 5.99. The lowest BCUT2D eigenvalue weighted by atomic mass is 10.1. The van der Waals surface area contributed by atoms with Gasteiger partial charge in [-0.2, -0.15) is 5.10 Å².